The normalized spacial score (nSPS) is 21.3. The number of carbonyl (C=O) groups excluding carboxylic acids is 1. The average molecular weight is 483 g/mol. The third-order valence-electron chi connectivity index (χ3n) is 7.45. The van der Waals surface area contributed by atoms with E-state index >= 15 is 0 Å². The number of alkyl halides is 3. The third kappa shape index (κ3) is 4.87. The molecule has 184 valence electrons. The minimum absolute atomic E-state index is 0.0979. The number of carbonyl (C=O) groups is 1. The van der Waals surface area contributed by atoms with Crippen LogP contribution in [0.5, 0.6) is 5.75 Å². The van der Waals surface area contributed by atoms with Gasteiger partial charge in [-0.05, 0) is 53.5 Å². The van der Waals surface area contributed by atoms with E-state index in [9.17, 15) is 18.0 Å². The fraction of sp³-hybridized carbons (Fsp3) is 0.393. The van der Waals surface area contributed by atoms with E-state index in [-0.39, 0.29) is 11.9 Å². The van der Waals surface area contributed by atoms with Crippen LogP contribution in [-0.4, -0.2) is 41.9 Å². The molecule has 2 fully saturated rings. The summed E-state index contributed by atoms with van der Waals surface area (Å²) in [6.45, 7) is 2.97. The second-order valence-electron chi connectivity index (χ2n) is 9.58. The summed E-state index contributed by atoms with van der Waals surface area (Å²) < 4.78 is 44.2. The highest BCUT2D eigenvalue weighted by molar-refractivity contribution is 5.91. The van der Waals surface area contributed by atoms with Crippen molar-refractivity contribution < 1.29 is 22.7 Å². The van der Waals surface area contributed by atoms with Crippen molar-refractivity contribution in [1.82, 2.24) is 9.80 Å². The molecule has 2 saturated heterocycles. The Hall–Kier alpha value is -3.06. The Kier molecular flexibility index (Phi) is 6.45. The van der Waals surface area contributed by atoms with Gasteiger partial charge in [-0.2, -0.15) is 13.2 Å². The van der Waals surface area contributed by atoms with E-state index in [0.29, 0.717) is 18.9 Å². The first-order valence-electron chi connectivity index (χ1n) is 12.1. The van der Waals surface area contributed by atoms with Crippen LogP contribution in [0.25, 0.3) is 10.8 Å². The van der Waals surface area contributed by atoms with Gasteiger partial charge in [0, 0.05) is 44.0 Å². The SMILES string of the molecule is COc1ccc(CN2CC[C@@H]3[C@@H](CCC(=O)N3Cc3ccc(C(F)(F)F)cc3)C2)c2ccccc12. The molecule has 0 aromatic heterocycles. The highest BCUT2D eigenvalue weighted by Gasteiger charge is 2.39. The van der Waals surface area contributed by atoms with Crippen LogP contribution in [0.4, 0.5) is 13.2 Å². The molecule has 0 bridgehead atoms. The Morgan fingerprint density at radius 1 is 0.943 bits per heavy atom. The summed E-state index contributed by atoms with van der Waals surface area (Å²) in [7, 11) is 1.69. The molecule has 0 saturated carbocycles. The maximum atomic E-state index is 12.9. The fourth-order valence-corrected chi connectivity index (χ4v) is 5.66. The number of likely N-dealkylation sites (tertiary alicyclic amines) is 2. The van der Waals surface area contributed by atoms with Gasteiger partial charge in [0.25, 0.3) is 0 Å². The van der Waals surface area contributed by atoms with E-state index in [1.54, 1.807) is 7.11 Å². The minimum Gasteiger partial charge on any atom is -0.496 e. The second kappa shape index (κ2) is 9.53. The summed E-state index contributed by atoms with van der Waals surface area (Å²) in [5.41, 5.74) is 1.33. The van der Waals surface area contributed by atoms with Gasteiger partial charge in [-0.25, -0.2) is 0 Å². The van der Waals surface area contributed by atoms with Gasteiger partial charge in [0.2, 0.25) is 5.91 Å². The van der Waals surface area contributed by atoms with E-state index in [4.69, 9.17) is 4.74 Å². The summed E-state index contributed by atoms with van der Waals surface area (Å²) >= 11 is 0. The zero-order chi connectivity index (χ0) is 24.6. The van der Waals surface area contributed by atoms with Crippen molar-refractivity contribution >= 4 is 16.7 Å². The Bertz CT molecular complexity index is 1210. The topological polar surface area (TPSA) is 32.8 Å². The predicted molar refractivity (Wildman–Crippen MR) is 129 cm³/mol. The Morgan fingerprint density at radius 2 is 1.69 bits per heavy atom. The molecule has 2 aliphatic rings. The van der Waals surface area contributed by atoms with Crippen LogP contribution in [0.1, 0.15) is 36.0 Å². The number of nitrogens with zero attached hydrogens (tertiary/aromatic N) is 2. The van der Waals surface area contributed by atoms with Gasteiger partial charge in [0.05, 0.1) is 12.7 Å². The van der Waals surface area contributed by atoms with Crippen LogP contribution in [-0.2, 0) is 24.1 Å². The predicted octanol–water partition coefficient (Wildman–Crippen LogP) is 5.88. The average Bonchev–Trinajstić information content (AvgIpc) is 2.86. The second-order valence-corrected chi connectivity index (χ2v) is 9.58. The van der Waals surface area contributed by atoms with Crippen molar-refractivity contribution in [3.63, 3.8) is 0 Å². The number of ether oxygens (including phenoxy) is 1. The number of amides is 1. The van der Waals surface area contributed by atoms with Gasteiger partial charge in [-0.15, -0.1) is 0 Å². The molecule has 3 aromatic carbocycles. The monoisotopic (exact) mass is 482 g/mol. The first kappa shape index (κ1) is 23.7. The molecule has 35 heavy (non-hydrogen) atoms. The molecule has 2 atom stereocenters. The summed E-state index contributed by atoms with van der Waals surface area (Å²) in [6, 6.07) is 17.7. The zero-order valence-corrected chi connectivity index (χ0v) is 19.7. The van der Waals surface area contributed by atoms with E-state index in [2.05, 4.69) is 23.1 Å². The van der Waals surface area contributed by atoms with Crippen molar-refractivity contribution in [3.8, 4) is 5.75 Å². The number of rotatable bonds is 5. The molecule has 4 nitrogen and oxygen atoms in total. The number of halogens is 3. The molecule has 1 amide bonds. The molecular weight excluding hydrogens is 453 g/mol. The number of fused-ring (bicyclic) bond motifs is 2. The van der Waals surface area contributed by atoms with Crippen molar-refractivity contribution in [2.75, 3.05) is 20.2 Å². The van der Waals surface area contributed by atoms with Crippen molar-refractivity contribution in [2.45, 2.75) is 44.6 Å². The van der Waals surface area contributed by atoms with E-state index < -0.39 is 11.7 Å². The van der Waals surface area contributed by atoms with Gasteiger partial charge < -0.3 is 9.64 Å². The smallest absolute Gasteiger partial charge is 0.416 e. The van der Waals surface area contributed by atoms with Gasteiger partial charge in [0.15, 0.2) is 0 Å². The van der Waals surface area contributed by atoms with E-state index in [0.717, 1.165) is 61.3 Å². The van der Waals surface area contributed by atoms with Crippen LogP contribution in [0.2, 0.25) is 0 Å². The highest BCUT2D eigenvalue weighted by atomic mass is 19.4. The van der Waals surface area contributed by atoms with Crippen molar-refractivity contribution in [2.24, 2.45) is 5.92 Å². The minimum atomic E-state index is -4.35. The molecule has 0 N–H and O–H groups in total. The standard InChI is InChI=1S/C28H29F3N2O2/c1-35-26-12-8-20(23-4-2-3-5-24(23)26)17-32-15-14-25-21(18-32)9-13-27(34)33(25)16-19-6-10-22(11-7-19)28(29,30)31/h2-8,10-12,21,25H,9,13-18H2,1H3/t21-,25+/m0/s1. The fourth-order valence-electron chi connectivity index (χ4n) is 5.66. The molecule has 7 heteroatoms. The van der Waals surface area contributed by atoms with Crippen molar-refractivity contribution in [1.29, 1.82) is 0 Å². The quantitative estimate of drug-likeness (QED) is 0.455. The maximum absolute atomic E-state index is 12.9. The number of piperidine rings is 2. The first-order valence-corrected chi connectivity index (χ1v) is 12.1. The largest absolute Gasteiger partial charge is 0.496 e. The lowest BCUT2D eigenvalue weighted by molar-refractivity contribution is -0.142. The van der Waals surface area contributed by atoms with Crippen LogP contribution in [0.3, 0.4) is 0 Å². The molecule has 0 radical (unpaired) electrons. The number of benzene rings is 3. The molecular formula is C28H29F3N2O2. The molecule has 2 heterocycles. The Balaban J connectivity index is 1.28. The Labute approximate surface area is 203 Å². The first-order chi connectivity index (χ1) is 16.8. The molecule has 3 aromatic rings. The maximum Gasteiger partial charge on any atom is 0.416 e. The lowest BCUT2D eigenvalue weighted by atomic mass is 9.83. The molecule has 2 aliphatic heterocycles. The van der Waals surface area contributed by atoms with E-state index in [1.165, 1.54) is 23.1 Å². The number of hydrogen-bond donors (Lipinski definition) is 0. The highest BCUT2D eigenvalue weighted by Crippen LogP contribution is 2.35. The molecule has 5 rings (SSSR count). The lowest BCUT2D eigenvalue weighted by Crippen LogP contribution is -2.55. The van der Waals surface area contributed by atoms with Crippen LogP contribution >= 0.6 is 0 Å². The number of hydrogen-bond acceptors (Lipinski definition) is 3. The van der Waals surface area contributed by atoms with Gasteiger partial charge in [-0.3, -0.25) is 9.69 Å². The van der Waals surface area contributed by atoms with Gasteiger partial charge in [0.1, 0.15) is 5.75 Å². The Morgan fingerprint density at radius 3 is 2.40 bits per heavy atom. The number of methoxy groups -OCH3 is 1. The summed E-state index contributed by atoms with van der Waals surface area (Å²) in [5, 5.41) is 2.30. The van der Waals surface area contributed by atoms with Crippen LogP contribution < -0.4 is 4.74 Å². The molecule has 0 unspecified atom stereocenters. The summed E-state index contributed by atoms with van der Waals surface area (Å²) in [5.74, 6) is 1.33. The van der Waals surface area contributed by atoms with Crippen LogP contribution in [0, 0.1) is 5.92 Å². The summed E-state index contributed by atoms with van der Waals surface area (Å²) in [6.07, 6.45) is -2.15. The van der Waals surface area contributed by atoms with Crippen LogP contribution in [0.15, 0.2) is 60.7 Å². The van der Waals surface area contributed by atoms with Gasteiger partial charge in [-0.1, -0.05) is 42.5 Å². The molecule has 0 aliphatic carbocycles. The summed E-state index contributed by atoms with van der Waals surface area (Å²) in [4.78, 5) is 17.1. The van der Waals surface area contributed by atoms with Gasteiger partial charge >= 0.3 is 6.18 Å². The zero-order valence-electron chi connectivity index (χ0n) is 19.7. The lowest BCUT2D eigenvalue weighted by Gasteiger charge is -2.47. The van der Waals surface area contributed by atoms with E-state index in [1.807, 2.05) is 23.1 Å². The third-order valence-corrected chi connectivity index (χ3v) is 7.45. The molecule has 0 spiro atoms. The van der Waals surface area contributed by atoms with Crippen molar-refractivity contribution in [3.05, 3.63) is 77.4 Å².